The average molecular weight is 198 g/mol. The van der Waals surface area contributed by atoms with Gasteiger partial charge in [0.1, 0.15) is 0 Å². The second kappa shape index (κ2) is 6.49. The Balaban J connectivity index is 0. The monoisotopic (exact) mass is 198 g/mol. The van der Waals surface area contributed by atoms with Crippen LogP contribution in [0.4, 0.5) is 4.79 Å². The zero-order valence-corrected chi connectivity index (χ0v) is 8.02. The van der Waals surface area contributed by atoms with Crippen molar-refractivity contribution < 1.29 is 24.6 Å². The molecule has 0 saturated heterocycles. The molecule has 0 saturated carbocycles. The van der Waals surface area contributed by atoms with Crippen molar-refractivity contribution in [1.29, 1.82) is 0 Å². The molecule has 68 valence electrons. The number of urea groups is 1. The Kier molecular flexibility index (Phi) is 7.24. The number of hydrogen-bond acceptors (Lipinski definition) is 5. The van der Waals surface area contributed by atoms with Crippen molar-refractivity contribution in [2.75, 3.05) is 0 Å². The number of carboxylic acids is 2. The molecule has 3 N–H and O–H groups in total. The Hall–Kier alpha value is -1.02. The van der Waals surface area contributed by atoms with E-state index < -0.39 is 30.4 Å². The molecule has 1 unspecified atom stereocenters. The van der Waals surface area contributed by atoms with Crippen molar-refractivity contribution in [3.8, 4) is 0 Å². The minimum Gasteiger partial charge on any atom is -0.550 e. The van der Waals surface area contributed by atoms with Crippen LogP contribution in [0, 0.1) is 0 Å². The third kappa shape index (κ3) is 7.34. The maximum Gasteiger partial charge on any atom is 2.00 e. The van der Waals surface area contributed by atoms with Crippen LogP contribution in [0.1, 0.15) is 6.42 Å². The van der Waals surface area contributed by atoms with Crippen molar-refractivity contribution in [3.63, 3.8) is 0 Å². The van der Waals surface area contributed by atoms with Gasteiger partial charge in [-0.25, -0.2) is 4.79 Å². The summed E-state index contributed by atoms with van der Waals surface area (Å²) in [5.74, 6) is -3.34. The smallest absolute Gasteiger partial charge is 0.550 e. The predicted molar refractivity (Wildman–Crippen MR) is 36.9 cm³/mol. The summed E-state index contributed by atoms with van der Waals surface area (Å²) in [6.45, 7) is 0. The molecule has 0 aromatic heterocycles. The van der Waals surface area contributed by atoms with Crippen LogP contribution in [0.25, 0.3) is 0 Å². The van der Waals surface area contributed by atoms with Gasteiger partial charge in [-0.2, -0.15) is 0 Å². The fourth-order valence-corrected chi connectivity index (χ4v) is 0.532. The van der Waals surface area contributed by atoms with E-state index in [1.54, 1.807) is 5.32 Å². The molecular weight excluding hydrogens is 192 g/mol. The minimum atomic E-state index is -1.72. The first kappa shape index (κ1) is 14.5. The summed E-state index contributed by atoms with van der Waals surface area (Å²) in [4.78, 5) is 30.1. The van der Waals surface area contributed by atoms with Crippen LogP contribution in [0.15, 0.2) is 0 Å². The van der Waals surface area contributed by atoms with Gasteiger partial charge in [0, 0.05) is 12.4 Å². The summed E-state index contributed by atoms with van der Waals surface area (Å²) in [6, 6.07) is -2.78. The molecule has 1 atom stereocenters. The van der Waals surface area contributed by atoms with Crippen LogP contribution in [-0.2, 0) is 9.59 Å². The summed E-state index contributed by atoms with van der Waals surface area (Å²) in [7, 11) is 0. The van der Waals surface area contributed by atoms with Crippen molar-refractivity contribution in [3.05, 3.63) is 0 Å². The number of carbonyl (C=O) groups is 3. The number of primary amides is 1. The third-order valence-electron chi connectivity index (χ3n) is 0.972. The minimum absolute atomic E-state index is 0. The van der Waals surface area contributed by atoms with Gasteiger partial charge in [-0.05, 0) is 0 Å². The molecule has 7 nitrogen and oxygen atoms in total. The van der Waals surface area contributed by atoms with E-state index in [0.29, 0.717) is 0 Å². The SMILES string of the molecule is NC(=O)NC(CC(=O)[O-])C(=O)[O-].[Mg+2]. The van der Waals surface area contributed by atoms with Crippen LogP contribution in [0.3, 0.4) is 0 Å². The molecule has 0 heterocycles. The Bertz CT molecular complexity index is 203. The van der Waals surface area contributed by atoms with Gasteiger partial charge in [0.2, 0.25) is 0 Å². The van der Waals surface area contributed by atoms with Gasteiger partial charge in [0.25, 0.3) is 0 Å². The van der Waals surface area contributed by atoms with Crippen molar-refractivity contribution >= 4 is 41.0 Å². The number of aliphatic carboxylic acids is 2. The van der Waals surface area contributed by atoms with E-state index in [1.807, 2.05) is 0 Å². The van der Waals surface area contributed by atoms with Gasteiger partial charge in [0.15, 0.2) is 0 Å². The van der Waals surface area contributed by atoms with Crippen LogP contribution in [0.2, 0.25) is 0 Å². The molecule has 13 heavy (non-hydrogen) atoms. The van der Waals surface area contributed by atoms with Gasteiger partial charge in [-0.3, -0.25) is 0 Å². The van der Waals surface area contributed by atoms with Gasteiger partial charge in [-0.1, -0.05) is 0 Å². The average Bonchev–Trinajstić information content (AvgIpc) is 1.83. The maximum absolute atomic E-state index is 10.1. The Morgan fingerprint density at radius 3 is 2.00 bits per heavy atom. The van der Waals surface area contributed by atoms with Crippen LogP contribution < -0.4 is 21.3 Å². The molecule has 0 aromatic carbocycles. The van der Waals surface area contributed by atoms with E-state index in [1.165, 1.54) is 0 Å². The third-order valence-corrected chi connectivity index (χ3v) is 0.972. The standard InChI is InChI=1S/C5H8N2O5.Mg/c6-5(12)7-2(4(10)11)1-3(8)9;/h2H,1H2,(H,8,9)(H,10,11)(H3,6,7,12);/q;+2/p-2. The van der Waals surface area contributed by atoms with Gasteiger partial charge >= 0.3 is 29.1 Å². The second-order valence-corrected chi connectivity index (χ2v) is 1.96. The number of amides is 2. The van der Waals surface area contributed by atoms with E-state index >= 15 is 0 Å². The molecule has 0 spiro atoms. The summed E-state index contributed by atoms with van der Waals surface area (Å²) >= 11 is 0. The van der Waals surface area contributed by atoms with E-state index in [2.05, 4.69) is 5.73 Å². The molecule has 0 aliphatic heterocycles. The van der Waals surface area contributed by atoms with E-state index in [-0.39, 0.29) is 23.1 Å². The molecule has 0 aliphatic carbocycles. The summed E-state index contributed by atoms with van der Waals surface area (Å²) in [5.41, 5.74) is 4.55. The van der Waals surface area contributed by atoms with E-state index in [9.17, 15) is 24.6 Å². The van der Waals surface area contributed by atoms with Crippen LogP contribution in [-0.4, -0.2) is 47.1 Å². The molecule has 0 aliphatic rings. The number of carboxylic acid groups (broad SMARTS) is 2. The zero-order valence-electron chi connectivity index (χ0n) is 6.61. The first-order valence-electron chi connectivity index (χ1n) is 2.90. The van der Waals surface area contributed by atoms with Crippen LogP contribution in [0.5, 0.6) is 0 Å². The quantitative estimate of drug-likeness (QED) is 0.439. The first-order chi connectivity index (χ1) is 5.43. The summed E-state index contributed by atoms with van der Waals surface area (Å²) in [6.07, 6.45) is -0.870. The van der Waals surface area contributed by atoms with E-state index in [0.717, 1.165) is 0 Å². The number of hydrogen-bond donors (Lipinski definition) is 2. The van der Waals surface area contributed by atoms with Gasteiger partial charge in [-0.15, -0.1) is 0 Å². The number of carbonyl (C=O) groups excluding carboxylic acids is 3. The normalized spacial score (nSPS) is 10.8. The van der Waals surface area contributed by atoms with Crippen LogP contribution >= 0.6 is 0 Å². The summed E-state index contributed by atoms with van der Waals surface area (Å²) in [5, 5.41) is 21.7. The van der Waals surface area contributed by atoms with Gasteiger partial charge < -0.3 is 30.9 Å². The Morgan fingerprint density at radius 1 is 1.31 bits per heavy atom. The largest absolute Gasteiger partial charge is 2.00 e. The summed E-state index contributed by atoms with van der Waals surface area (Å²) < 4.78 is 0. The molecule has 0 aromatic rings. The number of nitrogens with one attached hydrogen (secondary N) is 1. The Morgan fingerprint density at radius 2 is 1.77 bits per heavy atom. The fourth-order valence-electron chi connectivity index (χ4n) is 0.532. The molecule has 8 heteroatoms. The zero-order chi connectivity index (χ0) is 9.72. The molecule has 2 amide bonds. The second-order valence-electron chi connectivity index (χ2n) is 1.96. The molecule has 0 radical (unpaired) electrons. The van der Waals surface area contributed by atoms with Crippen molar-refractivity contribution in [1.82, 2.24) is 5.32 Å². The van der Waals surface area contributed by atoms with Crippen molar-refractivity contribution in [2.45, 2.75) is 12.5 Å². The Labute approximate surface area is 89.4 Å². The number of rotatable bonds is 4. The van der Waals surface area contributed by atoms with Gasteiger partial charge in [0.05, 0.1) is 12.0 Å². The van der Waals surface area contributed by atoms with Crippen molar-refractivity contribution in [2.24, 2.45) is 5.73 Å². The predicted octanol–water partition coefficient (Wildman–Crippen LogP) is -4.47. The maximum atomic E-state index is 10.1. The van der Waals surface area contributed by atoms with E-state index in [4.69, 9.17) is 0 Å². The molecule has 0 rings (SSSR count). The fraction of sp³-hybridized carbons (Fsp3) is 0.400. The number of nitrogens with two attached hydrogens (primary N) is 1. The first-order valence-corrected chi connectivity index (χ1v) is 2.90. The molecule has 0 bridgehead atoms. The molecule has 0 fully saturated rings. The molecular formula is C5H6MgN2O5. The topological polar surface area (TPSA) is 135 Å².